The quantitative estimate of drug-likeness (QED) is 0.190. The van der Waals surface area contributed by atoms with E-state index in [4.69, 9.17) is 13.7 Å². The maximum absolute atomic E-state index is 12.8. The van der Waals surface area contributed by atoms with Gasteiger partial charge in [0.2, 0.25) is 0 Å². The maximum Gasteiger partial charge on any atom is 0.410 e. The van der Waals surface area contributed by atoms with Crippen molar-refractivity contribution in [2.24, 2.45) is 0 Å². The molecule has 2 N–H and O–H groups in total. The second-order valence-corrected chi connectivity index (χ2v) is 11.2. The van der Waals surface area contributed by atoms with Crippen LogP contribution in [0.25, 0.3) is 0 Å². The first-order valence-corrected chi connectivity index (χ1v) is 14.5. The third-order valence-electron chi connectivity index (χ3n) is 6.26. The number of non-ortho nitro benzene ring substituents is 2. The second-order valence-electron chi connectivity index (χ2n) is 9.55. The minimum absolute atomic E-state index is 0.0693. The number of nitro benzene ring substituents is 2. The van der Waals surface area contributed by atoms with E-state index in [9.17, 15) is 43.3 Å². The van der Waals surface area contributed by atoms with E-state index in [1.54, 1.807) is 0 Å². The smallest absolute Gasteiger partial charge is 0.410 e. The molecule has 0 radical (unpaired) electrons. The standard InChI is InChI=1S/C25H30N4O12S/c1-42(37,38)41-23-12-21(27(14-23)25(32)40-16-18-4-8-20(9-5-18)29(35)36)10-11-22(30)13-26-24(31)39-15-17-2-6-19(7-3-17)28(33)34/h2-9,21-23,30H,10-16H2,1H3,(H,26,31)/t21-,22?,23+/m0/s1. The summed E-state index contributed by atoms with van der Waals surface area (Å²) in [5, 5.41) is 34.3. The van der Waals surface area contributed by atoms with E-state index >= 15 is 0 Å². The molecule has 1 aliphatic heterocycles. The number of amides is 2. The van der Waals surface area contributed by atoms with E-state index in [-0.39, 0.29) is 56.9 Å². The molecule has 228 valence electrons. The first kappa shape index (κ1) is 32.2. The number of aliphatic hydroxyl groups excluding tert-OH is 1. The number of rotatable bonds is 13. The summed E-state index contributed by atoms with van der Waals surface area (Å²) in [6, 6.07) is 10.4. The monoisotopic (exact) mass is 610 g/mol. The van der Waals surface area contributed by atoms with Crippen LogP contribution in [0.2, 0.25) is 0 Å². The molecule has 2 aromatic rings. The van der Waals surface area contributed by atoms with Crippen molar-refractivity contribution < 1.29 is 46.6 Å². The predicted molar refractivity (Wildman–Crippen MR) is 145 cm³/mol. The fourth-order valence-electron chi connectivity index (χ4n) is 4.23. The molecule has 1 unspecified atom stereocenters. The molecule has 17 heteroatoms. The fraction of sp³-hybridized carbons (Fsp3) is 0.440. The first-order valence-electron chi connectivity index (χ1n) is 12.7. The summed E-state index contributed by atoms with van der Waals surface area (Å²) in [4.78, 5) is 46.5. The zero-order chi connectivity index (χ0) is 30.9. The average Bonchev–Trinajstić information content (AvgIpc) is 3.33. The second kappa shape index (κ2) is 14.5. The molecule has 3 atom stereocenters. The van der Waals surface area contributed by atoms with E-state index in [1.807, 2.05) is 0 Å². The van der Waals surface area contributed by atoms with Gasteiger partial charge in [0, 0.05) is 36.9 Å². The van der Waals surface area contributed by atoms with E-state index in [1.165, 1.54) is 53.4 Å². The van der Waals surface area contributed by atoms with Crippen LogP contribution in [0.4, 0.5) is 21.0 Å². The molecule has 0 bridgehead atoms. The lowest BCUT2D eigenvalue weighted by Crippen LogP contribution is -2.38. The molecule has 16 nitrogen and oxygen atoms in total. The van der Waals surface area contributed by atoms with Crippen molar-refractivity contribution in [2.75, 3.05) is 19.3 Å². The number of nitrogens with zero attached hydrogens (tertiary/aromatic N) is 3. The molecule has 3 rings (SSSR count). The molecule has 1 aliphatic rings. The summed E-state index contributed by atoms with van der Waals surface area (Å²) in [6.45, 7) is -0.549. The lowest BCUT2D eigenvalue weighted by molar-refractivity contribution is -0.385. The van der Waals surface area contributed by atoms with Crippen LogP contribution in [0, 0.1) is 20.2 Å². The molecular formula is C25H30N4O12S. The highest BCUT2D eigenvalue weighted by Crippen LogP contribution is 2.27. The molecular weight excluding hydrogens is 580 g/mol. The van der Waals surface area contributed by atoms with Gasteiger partial charge in [0.1, 0.15) is 13.2 Å². The number of nitro groups is 2. The zero-order valence-electron chi connectivity index (χ0n) is 22.5. The Balaban J connectivity index is 1.48. The summed E-state index contributed by atoms with van der Waals surface area (Å²) in [6.07, 6.45) is -1.98. The van der Waals surface area contributed by atoms with Crippen LogP contribution < -0.4 is 5.32 Å². The van der Waals surface area contributed by atoms with Crippen molar-refractivity contribution in [3.8, 4) is 0 Å². The Hall–Kier alpha value is -4.35. The number of aliphatic hydroxyl groups is 1. The van der Waals surface area contributed by atoms with Crippen molar-refractivity contribution in [1.29, 1.82) is 0 Å². The van der Waals surface area contributed by atoms with Crippen molar-refractivity contribution in [3.05, 3.63) is 79.9 Å². The number of alkyl carbamates (subject to hydrolysis) is 1. The lowest BCUT2D eigenvalue weighted by atomic mass is 10.1. The highest BCUT2D eigenvalue weighted by Gasteiger charge is 2.38. The normalized spacial score (nSPS) is 17.3. The van der Waals surface area contributed by atoms with E-state index in [2.05, 4.69) is 5.32 Å². The Morgan fingerprint density at radius 1 is 1.00 bits per heavy atom. The summed E-state index contributed by atoms with van der Waals surface area (Å²) >= 11 is 0. The third kappa shape index (κ3) is 10.2. The van der Waals surface area contributed by atoms with Gasteiger partial charge in [-0.05, 0) is 54.7 Å². The summed E-state index contributed by atoms with van der Waals surface area (Å²) < 4.78 is 38.7. The van der Waals surface area contributed by atoms with Gasteiger partial charge in [-0.25, -0.2) is 9.59 Å². The van der Waals surface area contributed by atoms with Gasteiger partial charge in [0.25, 0.3) is 21.5 Å². The first-order chi connectivity index (χ1) is 19.8. The van der Waals surface area contributed by atoms with Crippen molar-refractivity contribution in [2.45, 2.75) is 50.7 Å². The van der Waals surface area contributed by atoms with Crippen LogP contribution in [0.1, 0.15) is 30.4 Å². The highest BCUT2D eigenvalue weighted by molar-refractivity contribution is 7.86. The Morgan fingerprint density at radius 2 is 1.52 bits per heavy atom. The minimum atomic E-state index is -3.80. The topological polar surface area (TPSA) is 218 Å². The molecule has 2 aromatic carbocycles. The molecule has 2 amide bonds. The number of carbonyl (C=O) groups is 2. The third-order valence-corrected chi connectivity index (χ3v) is 6.88. The molecule has 0 saturated carbocycles. The number of carbonyl (C=O) groups excluding carboxylic acids is 2. The summed E-state index contributed by atoms with van der Waals surface area (Å²) in [5.74, 6) is 0. The molecule has 0 aliphatic carbocycles. The molecule has 0 spiro atoms. The van der Waals surface area contributed by atoms with Gasteiger partial charge in [-0.2, -0.15) is 8.42 Å². The van der Waals surface area contributed by atoms with E-state index < -0.39 is 50.4 Å². The molecule has 42 heavy (non-hydrogen) atoms. The number of hydrogen-bond donors (Lipinski definition) is 2. The summed E-state index contributed by atoms with van der Waals surface area (Å²) in [7, 11) is -3.80. The number of nitrogens with one attached hydrogen (secondary N) is 1. The van der Waals surface area contributed by atoms with Gasteiger partial charge in [-0.1, -0.05) is 0 Å². The Labute approximate surface area is 240 Å². The largest absolute Gasteiger partial charge is 0.445 e. The Bertz CT molecular complexity index is 1370. The van der Waals surface area contributed by atoms with Gasteiger partial charge < -0.3 is 24.8 Å². The molecule has 1 saturated heterocycles. The summed E-state index contributed by atoms with van der Waals surface area (Å²) in [5.41, 5.74) is 0.829. The average molecular weight is 611 g/mol. The number of benzene rings is 2. The number of hydrogen-bond acceptors (Lipinski definition) is 12. The predicted octanol–water partition coefficient (Wildman–Crippen LogP) is 2.63. The highest BCUT2D eigenvalue weighted by atomic mass is 32.2. The Kier molecular flexibility index (Phi) is 11.1. The van der Waals surface area contributed by atoms with Gasteiger partial charge >= 0.3 is 12.2 Å². The number of likely N-dealkylation sites (tertiary alicyclic amines) is 1. The SMILES string of the molecule is CS(=O)(=O)O[C@@H]1C[C@H](CCC(O)CNC(=O)OCc2ccc([N+](=O)[O-])cc2)N(C(=O)OCc2ccc([N+](=O)[O-])cc2)C1. The van der Waals surface area contributed by atoms with E-state index in [0.717, 1.165) is 6.26 Å². The van der Waals surface area contributed by atoms with Crippen molar-refractivity contribution in [1.82, 2.24) is 10.2 Å². The van der Waals surface area contributed by atoms with Crippen LogP contribution in [0.3, 0.4) is 0 Å². The fourth-order valence-corrected chi connectivity index (χ4v) is 4.87. The van der Waals surface area contributed by atoms with Crippen LogP contribution >= 0.6 is 0 Å². The van der Waals surface area contributed by atoms with Crippen molar-refractivity contribution >= 4 is 33.7 Å². The molecule has 0 aromatic heterocycles. The van der Waals surface area contributed by atoms with E-state index in [0.29, 0.717) is 11.1 Å². The Morgan fingerprint density at radius 3 is 2.02 bits per heavy atom. The van der Waals surface area contributed by atoms with Crippen LogP contribution in [0.15, 0.2) is 48.5 Å². The lowest BCUT2D eigenvalue weighted by Gasteiger charge is -2.24. The minimum Gasteiger partial charge on any atom is -0.445 e. The van der Waals surface area contributed by atoms with Gasteiger partial charge in [-0.3, -0.25) is 24.4 Å². The van der Waals surface area contributed by atoms with Crippen LogP contribution in [-0.4, -0.2) is 78.1 Å². The zero-order valence-corrected chi connectivity index (χ0v) is 23.3. The van der Waals surface area contributed by atoms with Crippen molar-refractivity contribution in [3.63, 3.8) is 0 Å². The molecule has 1 heterocycles. The number of ether oxygens (including phenoxy) is 2. The van der Waals surface area contributed by atoms with Crippen LogP contribution in [0.5, 0.6) is 0 Å². The van der Waals surface area contributed by atoms with Gasteiger partial charge in [0.05, 0.1) is 34.9 Å². The molecule has 1 fully saturated rings. The van der Waals surface area contributed by atoms with Gasteiger partial charge in [-0.15, -0.1) is 0 Å². The maximum atomic E-state index is 12.8. The van der Waals surface area contributed by atoms with Crippen LogP contribution in [-0.2, 0) is 37.0 Å². The van der Waals surface area contributed by atoms with Gasteiger partial charge in [0.15, 0.2) is 0 Å².